The monoisotopic (exact) mass is 498 g/mol. The molecule has 5 rings (SSSR count). The van der Waals surface area contributed by atoms with Crippen molar-refractivity contribution in [1.82, 2.24) is 19.5 Å². The van der Waals surface area contributed by atoms with E-state index in [-0.39, 0.29) is 17.7 Å². The average molecular weight is 499 g/mol. The lowest BCUT2D eigenvalue weighted by atomic mass is 10.1. The Kier molecular flexibility index (Phi) is 6.09. The number of ether oxygens (including phenoxy) is 2. The molecule has 1 aliphatic heterocycles. The van der Waals surface area contributed by atoms with Gasteiger partial charge in [0.1, 0.15) is 23.3 Å². The van der Waals surface area contributed by atoms with Gasteiger partial charge in [0.05, 0.1) is 41.1 Å². The summed E-state index contributed by atoms with van der Waals surface area (Å²) in [6.07, 6.45) is 3.01. The Morgan fingerprint density at radius 3 is 2.62 bits per heavy atom. The van der Waals surface area contributed by atoms with Crippen molar-refractivity contribution in [2.24, 2.45) is 12.8 Å². The van der Waals surface area contributed by atoms with E-state index in [0.717, 1.165) is 0 Å². The number of nitrogens with two attached hydrogens (primary N) is 1. The van der Waals surface area contributed by atoms with Gasteiger partial charge in [-0.05, 0) is 30.3 Å². The molecule has 1 aliphatic rings. The van der Waals surface area contributed by atoms with E-state index in [1.54, 1.807) is 55.8 Å². The molecule has 0 spiro atoms. The summed E-state index contributed by atoms with van der Waals surface area (Å²) in [5.74, 6) is 1.39. The Morgan fingerprint density at radius 2 is 1.94 bits per heavy atom. The van der Waals surface area contributed by atoms with Crippen LogP contribution in [0.3, 0.4) is 0 Å². The summed E-state index contributed by atoms with van der Waals surface area (Å²) in [4.78, 5) is 26.3. The van der Waals surface area contributed by atoms with Crippen LogP contribution < -0.4 is 21.3 Å². The van der Waals surface area contributed by atoms with Gasteiger partial charge in [-0.3, -0.25) is 9.36 Å². The number of benzene rings is 1. The number of aryl methyl sites for hydroxylation is 1. The molecule has 0 saturated carbocycles. The Labute approximate surface area is 204 Å². The smallest absolute Gasteiger partial charge is 0.259 e. The third kappa shape index (κ3) is 4.30. The highest BCUT2D eigenvalue weighted by Gasteiger charge is 2.26. The lowest BCUT2D eigenvalue weighted by Crippen LogP contribution is -2.37. The van der Waals surface area contributed by atoms with Gasteiger partial charge in [-0.15, -0.1) is 0 Å². The third-order valence-corrected chi connectivity index (χ3v) is 6.14. The van der Waals surface area contributed by atoms with E-state index >= 15 is 0 Å². The van der Waals surface area contributed by atoms with Crippen LogP contribution in [0.2, 0.25) is 10.0 Å². The van der Waals surface area contributed by atoms with Crippen LogP contribution in [0.5, 0.6) is 5.75 Å². The molecule has 174 valence electrons. The van der Waals surface area contributed by atoms with Gasteiger partial charge >= 0.3 is 0 Å². The molecular weight excluding hydrogens is 479 g/mol. The highest BCUT2D eigenvalue weighted by Crippen LogP contribution is 2.33. The minimum Gasteiger partial charge on any atom is -0.485 e. The third-order valence-electron chi connectivity index (χ3n) is 5.51. The van der Waals surface area contributed by atoms with Gasteiger partial charge in [-0.2, -0.15) is 4.98 Å². The molecule has 1 fully saturated rings. The predicted octanol–water partition coefficient (Wildman–Crippen LogP) is 3.55. The van der Waals surface area contributed by atoms with Gasteiger partial charge in [0.25, 0.3) is 5.56 Å². The summed E-state index contributed by atoms with van der Waals surface area (Å²) in [6.45, 7) is 0.932. The lowest BCUT2D eigenvalue weighted by Gasteiger charge is -2.16. The number of halogens is 2. The summed E-state index contributed by atoms with van der Waals surface area (Å²) in [6, 6.07) is 10.2. The molecule has 0 aliphatic carbocycles. The number of nitrogens with one attached hydrogen (secondary N) is 1. The van der Waals surface area contributed by atoms with Crippen molar-refractivity contribution in [2.45, 2.75) is 12.1 Å². The number of rotatable bonds is 5. The van der Waals surface area contributed by atoms with Gasteiger partial charge in [0, 0.05) is 24.2 Å². The SMILES string of the molecule is Cn1c(=O)c(-c2c(Cl)cccc2Cl)cc2cnc(Nc3ccc(O[C@@H]4COC[C@@H]4N)cn3)nc21. The maximum absolute atomic E-state index is 13.1. The van der Waals surface area contributed by atoms with Gasteiger partial charge in [0.15, 0.2) is 0 Å². The summed E-state index contributed by atoms with van der Waals surface area (Å²) in [5.41, 5.74) is 6.97. The zero-order chi connectivity index (χ0) is 23.8. The van der Waals surface area contributed by atoms with E-state index in [2.05, 4.69) is 20.3 Å². The molecule has 0 unspecified atom stereocenters. The number of aromatic nitrogens is 4. The van der Waals surface area contributed by atoms with Crippen molar-refractivity contribution in [1.29, 1.82) is 0 Å². The molecule has 1 aromatic carbocycles. The molecule has 3 aromatic heterocycles. The standard InChI is InChI=1S/C23H20Cl2N6O3/c1-31-21-12(7-14(22(31)32)20-15(24)3-2-4-16(20)25)8-28-23(30-21)29-19-6-5-13(9-27-19)34-18-11-33-10-17(18)26/h2-9,17-18H,10-11,26H2,1H3,(H,27,28,29,30)/t17-,18+/m0/s1. The van der Waals surface area contributed by atoms with Crippen LogP contribution in [0.15, 0.2) is 53.6 Å². The lowest BCUT2D eigenvalue weighted by molar-refractivity contribution is 0.140. The van der Waals surface area contributed by atoms with Crippen molar-refractivity contribution in [2.75, 3.05) is 18.5 Å². The molecule has 34 heavy (non-hydrogen) atoms. The first-order chi connectivity index (χ1) is 16.4. The number of pyridine rings is 2. The van der Waals surface area contributed by atoms with Crippen LogP contribution in [-0.2, 0) is 11.8 Å². The summed E-state index contributed by atoms with van der Waals surface area (Å²) in [7, 11) is 1.64. The average Bonchev–Trinajstić information content (AvgIpc) is 3.23. The van der Waals surface area contributed by atoms with E-state index in [0.29, 0.717) is 62.9 Å². The number of fused-ring (bicyclic) bond motifs is 1. The topological polar surface area (TPSA) is 117 Å². The maximum atomic E-state index is 13.1. The van der Waals surface area contributed by atoms with Crippen molar-refractivity contribution in [3.63, 3.8) is 0 Å². The quantitative estimate of drug-likeness (QED) is 0.428. The van der Waals surface area contributed by atoms with Crippen LogP contribution in [0, 0.1) is 0 Å². The first-order valence-electron chi connectivity index (χ1n) is 10.4. The second-order valence-electron chi connectivity index (χ2n) is 7.85. The molecule has 0 amide bonds. The molecule has 0 radical (unpaired) electrons. The van der Waals surface area contributed by atoms with E-state index in [1.165, 1.54) is 4.57 Å². The first-order valence-corrected chi connectivity index (χ1v) is 11.2. The minimum atomic E-state index is -0.277. The van der Waals surface area contributed by atoms with E-state index < -0.39 is 0 Å². The largest absolute Gasteiger partial charge is 0.485 e. The van der Waals surface area contributed by atoms with Crippen molar-refractivity contribution in [3.8, 4) is 16.9 Å². The Balaban J connectivity index is 1.41. The first kappa shape index (κ1) is 22.5. The van der Waals surface area contributed by atoms with Gasteiger partial charge in [-0.1, -0.05) is 29.3 Å². The second-order valence-corrected chi connectivity index (χ2v) is 8.67. The van der Waals surface area contributed by atoms with Gasteiger partial charge in [0.2, 0.25) is 5.95 Å². The van der Waals surface area contributed by atoms with Crippen LogP contribution in [-0.4, -0.2) is 44.9 Å². The summed E-state index contributed by atoms with van der Waals surface area (Å²) >= 11 is 12.6. The van der Waals surface area contributed by atoms with E-state index in [1.807, 2.05) is 0 Å². The number of nitrogens with zero attached hydrogens (tertiary/aromatic N) is 4. The Morgan fingerprint density at radius 1 is 1.15 bits per heavy atom. The highest BCUT2D eigenvalue weighted by atomic mass is 35.5. The van der Waals surface area contributed by atoms with Crippen LogP contribution in [0.25, 0.3) is 22.2 Å². The van der Waals surface area contributed by atoms with Crippen molar-refractivity contribution >= 4 is 46.0 Å². The molecule has 4 aromatic rings. The molecule has 11 heteroatoms. The zero-order valence-corrected chi connectivity index (χ0v) is 19.5. The second kappa shape index (κ2) is 9.19. The fourth-order valence-electron chi connectivity index (χ4n) is 3.73. The molecule has 3 N–H and O–H groups in total. The van der Waals surface area contributed by atoms with Crippen molar-refractivity contribution < 1.29 is 9.47 Å². The Bertz CT molecular complexity index is 1410. The number of hydrogen-bond acceptors (Lipinski definition) is 8. The number of hydrogen-bond donors (Lipinski definition) is 2. The fraction of sp³-hybridized carbons (Fsp3) is 0.217. The molecule has 2 atom stereocenters. The predicted molar refractivity (Wildman–Crippen MR) is 131 cm³/mol. The zero-order valence-electron chi connectivity index (χ0n) is 18.0. The normalized spacial score (nSPS) is 17.8. The van der Waals surface area contributed by atoms with E-state index in [4.69, 9.17) is 38.4 Å². The van der Waals surface area contributed by atoms with Crippen LogP contribution >= 0.6 is 23.2 Å². The molecular formula is C23H20Cl2N6O3. The van der Waals surface area contributed by atoms with Crippen LogP contribution in [0.1, 0.15) is 0 Å². The fourth-order valence-corrected chi connectivity index (χ4v) is 4.33. The maximum Gasteiger partial charge on any atom is 0.259 e. The molecule has 9 nitrogen and oxygen atoms in total. The van der Waals surface area contributed by atoms with Crippen LogP contribution in [0.4, 0.5) is 11.8 Å². The summed E-state index contributed by atoms with van der Waals surface area (Å²) < 4.78 is 12.6. The molecule has 4 heterocycles. The van der Waals surface area contributed by atoms with E-state index in [9.17, 15) is 4.79 Å². The molecule has 0 bridgehead atoms. The summed E-state index contributed by atoms with van der Waals surface area (Å²) in [5, 5.41) is 4.48. The highest BCUT2D eigenvalue weighted by molar-refractivity contribution is 6.39. The van der Waals surface area contributed by atoms with Gasteiger partial charge < -0.3 is 20.5 Å². The number of anilines is 2. The minimum absolute atomic E-state index is 0.162. The van der Waals surface area contributed by atoms with Gasteiger partial charge in [-0.25, -0.2) is 9.97 Å². The Hall–Kier alpha value is -3.24. The molecule has 1 saturated heterocycles. The van der Waals surface area contributed by atoms with Crippen molar-refractivity contribution in [3.05, 3.63) is 69.2 Å².